The van der Waals surface area contributed by atoms with E-state index in [2.05, 4.69) is 30.1 Å². The Morgan fingerprint density at radius 3 is 2.60 bits per heavy atom. The summed E-state index contributed by atoms with van der Waals surface area (Å²) in [6.45, 7) is 4.48. The fraction of sp³-hybridized carbons (Fsp3) is 0.235. The van der Waals surface area contributed by atoms with Gasteiger partial charge in [0.1, 0.15) is 5.82 Å². The lowest BCUT2D eigenvalue weighted by molar-refractivity contribution is 0.622. The molecule has 0 amide bonds. The number of aliphatic imine (C=N–C) groups is 1. The van der Waals surface area contributed by atoms with Crippen LogP contribution in [-0.4, -0.2) is 6.34 Å². The molecule has 0 aliphatic rings. The molecule has 0 saturated heterocycles. The van der Waals surface area contributed by atoms with Crippen molar-refractivity contribution in [2.75, 3.05) is 0 Å². The molecule has 0 spiro atoms. The van der Waals surface area contributed by atoms with Crippen LogP contribution in [0.15, 0.2) is 41.4 Å². The first-order chi connectivity index (χ1) is 9.60. The van der Waals surface area contributed by atoms with Crippen molar-refractivity contribution in [2.24, 2.45) is 10.7 Å². The summed E-state index contributed by atoms with van der Waals surface area (Å²) < 4.78 is 13.7. The number of hydrogen-bond donors (Lipinski definition) is 1. The average molecular weight is 270 g/mol. The monoisotopic (exact) mass is 270 g/mol. The van der Waals surface area contributed by atoms with Gasteiger partial charge in [0, 0.05) is 0 Å². The molecule has 2 aromatic carbocycles. The second kappa shape index (κ2) is 6.33. The van der Waals surface area contributed by atoms with Crippen LogP contribution in [0.3, 0.4) is 0 Å². The lowest BCUT2D eigenvalue weighted by atomic mass is 9.96. The predicted molar refractivity (Wildman–Crippen MR) is 81.5 cm³/mol. The minimum Gasteiger partial charge on any atom is -0.390 e. The third kappa shape index (κ3) is 3.44. The molecule has 0 fully saturated rings. The van der Waals surface area contributed by atoms with E-state index in [1.807, 2.05) is 13.0 Å². The lowest BCUT2D eigenvalue weighted by Crippen LogP contribution is -2.00. The number of hydrogen-bond acceptors (Lipinski definition) is 1. The quantitative estimate of drug-likeness (QED) is 0.670. The molecule has 0 saturated carbocycles. The van der Waals surface area contributed by atoms with E-state index in [0.29, 0.717) is 6.54 Å². The van der Waals surface area contributed by atoms with E-state index >= 15 is 0 Å². The molecule has 0 unspecified atom stereocenters. The molecule has 0 bridgehead atoms. The zero-order chi connectivity index (χ0) is 14.5. The Balaban J connectivity index is 2.33. The van der Waals surface area contributed by atoms with Crippen molar-refractivity contribution in [2.45, 2.75) is 26.8 Å². The second-order valence-electron chi connectivity index (χ2n) is 5.00. The standard InChI is InChI=1S/C17H19FN2/c1-12-4-3-5-14(6-12)7-15-8-17(18)9-16(13(15)2)10-20-11-19/h3-6,8-9,11H,7,10H2,1-2H3,(H2,19,20). The largest absolute Gasteiger partial charge is 0.390 e. The van der Waals surface area contributed by atoms with E-state index in [4.69, 9.17) is 5.73 Å². The molecule has 0 radical (unpaired) electrons. The van der Waals surface area contributed by atoms with Crippen LogP contribution in [0.25, 0.3) is 0 Å². The Morgan fingerprint density at radius 1 is 1.15 bits per heavy atom. The summed E-state index contributed by atoms with van der Waals surface area (Å²) in [6, 6.07) is 11.4. The van der Waals surface area contributed by atoms with Crippen molar-refractivity contribution < 1.29 is 4.39 Å². The molecular weight excluding hydrogens is 251 g/mol. The molecule has 2 nitrogen and oxygen atoms in total. The number of halogens is 1. The summed E-state index contributed by atoms with van der Waals surface area (Å²) in [6.07, 6.45) is 1.98. The van der Waals surface area contributed by atoms with Crippen LogP contribution >= 0.6 is 0 Å². The maximum atomic E-state index is 13.7. The van der Waals surface area contributed by atoms with Crippen LogP contribution in [0.2, 0.25) is 0 Å². The van der Waals surface area contributed by atoms with Gasteiger partial charge in [0.05, 0.1) is 12.9 Å². The maximum Gasteiger partial charge on any atom is 0.123 e. The van der Waals surface area contributed by atoms with Gasteiger partial charge in [-0.1, -0.05) is 29.8 Å². The maximum absolute atomic E-state index is 13.7. The van der Waals surface area contributed by atoms with Gasteiger partial charge >= 0.3 is 0 Å². The summed E-state index contributed by atoms with van der Waals surface area (Å²) in [5.74, 6) is -0.222. The fourth-order valence-corrected chi connectivity index (χ4v) is 2.34. The minimum atomic E-state index is -0.222. The van der Waals surface area contributed by atoms with Gasteiger partial charge in [0.25, 0.3) is 0 Å². The molecule has 2 N–H and O–H groups in total. The Kier molecular flexibility index (Phi) is 4.51. The summed E-state index contributed by atoms with van der Waals surface area (Å²) in [7, 11) is 0. The molecule has 104 valence electrons. The van der Waals surface area contributed by atoms with Crippen LogP contribution < -0.4 is 5.73 Å². The summed E-state index contributed by atoms with van der Waals surface area (Å²) in [5.41, 5.74) is 10.6. The normalized spacial score (nSPS) is 11.2. The average Bonchev–Trinajstić information content (AvgIpc) is 2.41. The molecule has 0 aliphatic heterocycles. The fourth-order valence-electron chi connectivity index (χ4n) is 2.34. The highest BCUT2D eigenvalue weighted by atomic mass is 19.1. The third-order valence-electron chi connectivity index (χ3n) is 3.43. The molecule has 0 atom stereocenters. The summed E-state index contributed by atoms with van der Waals surface area (Å²) in [4.78, 5) is 3.99. The van der Waals surface area contributed by atoms with Crippen molar-refractivity contribution in [3.8, 4) is 0 Å². The Hall–Kier alpha value is -2.16. The zero-order valence-corrected chi connectivity index (χ0v) is 11.9. The van der Waals surface area contributed by atoms with Crippen molar-refractivity contribution in [1.82, 2.24) is 0 Å². The Labute approximate surface area is 119 Å². The number of rotatable bonds is 4. The van der Waals surface area contributed by atoms with E-state index in [1.165, 1.54) is 23.5 Å². The second-order valence-corrected chi connectivity index (χ2v) is 5.00. The van der Waals surface area contributed by atoms with Gasteiger partial charge in [-0.05, 0) is 54.7 Å². The predicted octanol–water partition coefficient (Wildman–Crippen LogP) is 3.52. The lowest BCUT2D eigenvalue weighted by Gasteiger charge is -2.11. The van der Waals surface area contributed by atoms with Gasteiger partial charge in [-0.2, -0.15) is 0 Å². The molecule has 0 aliphatic carbocycles. The van der Waals surface area contributed by atoms with E-state index in [0.717, 1.165) is 23.1 Å². The van der Waals surface area contributed by atoms with E-state index in [9.17, 15) is 4.39 Å². The van der Waals surface area contributed by atoms with Crippen molar-refractivity contribution in [1.29, 1.82) is 0 Å². The number of benzene rings is 2. The Bertz CT molecular complexity index is 633. The molecular formula is C17H19FN2. The zero-order valence-electron chi connectivity index (χ0n) is 11.9. The van der Waals surface area contributed by atoms with Crippen molar-refractivity contribution >= 4 is 6.34 Å². The van der Waals surface area contributed by atoms with Crippen LogP contribution in [-0.2, 0) is 13.0 Å². The molecule has 2 aromatic rings. The number of nitrogens with two attached hydrogens (primary N) is 1. The van der Waals surface area contributed by atoms with Gasteiger partial charge in [0.15, 0.2) is 0 Å². The van der Waals surface area contributed by atoms with Crippen LogP contribution in [0, 0.1) is 19.7 Å². The summed E-state index contributed by atoms with van der Waals surface area (Å²) in [5, 5.41) is 0. The van der Waals surface area contributed by atoms with Gasteiger partial charge in [0.2, 0.25) is 0 Å². The molecule has 0 heterocycles. The SMILES string of the molecule is Cc1cccc(Cc2cc(F)cc(CN=CN)c2C)c1. The van der Waals surface area contributed by atoms with Crippen molar-refractivity contribution in [3.63, 3.8) is 0 Å². The third-order valence-corrected chi connectivity index (χ3v) is 3.43. The minimum absolute atomic E-state index is 0.222. The van der Waals surface area contributed by atoms with Crippen LogP contribution in [0.5, 0.6) is 0 Å². The first kappa shape index (κ1) is 14.3. The molecule has 3 heteroatoms. The first-order valence-electron chi connectivity index (χ1n) is 6.63. The topological polar surface area (TPSA) is 38.4 Å². The highest BCUT2D eigenvalue weighted by Gasteiger charge is 2.08. The van der Waals surface area contributed by atoms with E-state index < -0.39 is 0 Å². The smallest absolute Gasteiger partial charge is 0.123 e. The van der Waals surface area contributed by atoms with E-state index in [-0.39, 0.29) is 5.82 Å². The number of nitrogens with zero attached hydrogens (tertiary/aromatic N) is 1. The van der Waals surface area contributed by atoms with Crippen LogP contribution in [0.4, 0.5) is 4.39 Å². The van der Waals surface area contributed by atoms with Crippen LogP contribution in [0.1, 0.15) is 27.8 Å². The van der Waals surface area contributed by atoms with Gasteiger partial charge in [-0.3, -0.25) is 4.99 Å². The van der Waals surface area contributed by atoms with Gasteiger partial charge in [-0.25, -0.2) is 4.39 Å². The van der Waals surface area contributed by atoms with Gasteiger partial charge < -0.3 is 5.73 Å². The highest BCUT2D eigenvalue weighted by Crippen LogP contribution is 2.21. The number of aryl methyl sites for hydroxylation is 1. The molecule has 2 rings (SSSR count). The highest BCUT2D eigenvalue weighted by molar-refractivity contribution is 5.51. The van der Waals surface area contributed by atoms with E-state index in [1.54, 1.807) is 6.07 Å². The van der Waals surface area contributed by atoms with Gasteiger partial charge in [-0.15, -0.1) is 0 Å². The first-order valence-corrected chi connectivity index (χ1v) is 6.63. The molecule has 0 aromatic heterocycles. The van der Waals surface area contributed by atoms with Crippen molar-refractivity contribution in [3.05, 3.63) is 70.0 Å². The molecule has 20 heavy (non-hydrogen) atoms. The summed E-state index contributed by atoms with van der Waals surface area (Å²) >= 11 is 0. The Morgan fingerprint density at radius 2 is 1.90 bits per heavy atom.